The molecule has 2 aromatic carbocycles. The molecule has 0 radical (unpaired) electrons. The summed E-state index contributed by atoms with van der Waals surface area (Å²) in [6, 6.07) is 12.1. The van der Waals surface area contributed by atoms with Gasteiger partial charge < -0.3 is 14.2 Å². The monoisotopic (exact) mass is 381 g/mol. The summed E-state index contributed by atoms with van der Waals surface area (Å²) in [6.07, 6.45) is 0. The van der Waals surface area contributed by atoms with Gasteiger partial charge >= 0.3 is 5.63 Å². The Hall–Kier alpha value is -3.05. The Morgan fingerprint density at radius 2 is 1.89 bits per heavy atom. The lowest BCUT2D eigenvalue weighted by molar-refractivity contribution is 0.0925. The number of rotatable bonds is 3. The fourth-order valence-corrected chi connectivity index (χ4v) is 3.39. The molecule has 0 atom stereocenters. The first-order chi connectivity index (χ1) is 12.9. The topological polar surface area (TPSA) is 72.5 Å². The predicted octanol–water partition coefficient (Wildman–Crippen LogP) is 4.74. The van der Waals surface area contributed by atoms with Crippen molar-refractivity contribution < 1.29 is 13.6 Å². The van der Waals surface area contributed by atoms with Crippen LogP contribution >= 0.6 is 11.6 Å². The predicted molar refractivity (Wildman–Crippen MR) is 104 cm³/mol. The Kier molecular flexibility index (Phi) is 4.24. The van der Waals surface area contributed by atoms with Gasteiger partial charge in [0.2, 0.25) is 0 Å². The maximum Gasteiger partial charge on any atom is 0.336 e. The summed E-state index contributed by atoms with van der Waals surface area (Å²) in [4.78, 5) is 24.4. The lowest BCUT2D eigenvalue weighted by Crippen LogP contribution is -2.23. The van der Waals surface area contributed by atoms with Gasteiger partial charge in [-0.2, -0.15) is 0 Å². The standard InChI is InChI=1S/C21H16ClNO4/c1-11-5-12(2)20-16(6-11)14(9-19(24)27-20)10-23-21(25)18-8-13-7-15(22)3-4-17(13)26-18/h3-9H,10H2,1-2H3,(H,23,25). The van der Waals surface area contributed by atoms with Crippen molar-refractivity contribution in [3.05, 3.63) is 80.4 Å². The zero-order valence-corrected chi connectivity index (χ0v) is 15.5. The van der Waals surface area contributed by atoms with Crippen LogP contribution in [-0.2, 0) is 6.54 Å². The van der Waals surface area contributed by atoms with E-state index in [1.54, 1.807) is 24.3 Å². The summed E-state index contributed by atoms with van der Waals surface area (Å²) in [5.41, 5.74) is 3.30. The lowest BCUT2D eigenvalue weighted by Gasteiger charge is -2.09. The molecule has 2 aromatic heterocycles. The quantitative estimate of drug-likeness (QED) is 0.520. The minimum atomic E-state index is -0.447. The third kappa shape index (κ3) is 3.34. The Bertz CT molecular complexity index is 1250. The van der Waals surface area contributed by atoms with Crippen LogP contribution in [0.5, 0.6) is 0 Å². The molecule has 1 N–H and O–H groups in total. The average molecular weight is 382 g/mol. The molecule has 0 fully saturated rings. The first kappa shape index (κ1) is 17.4. The van der Waals surface area contributed by atoms with Crippen LogP contribution in [0.2, 0.25) is 5.02 Å². The number of nitrogens with one attached hydrogen (secondary N) is 1. The van der Waals surface area contributed by atoms with E-state index < -0.39 is 5.63 Å². The minimum Gasteiger partial charge on any atom is -0.451 e. The number of carbonyl (C=O) groups excluding carboxylic acids is 1. The number of benzene rings is 2. The highest BCUT2D eigenvalue weighted by atomic mass is 35.5. The van der Waals surface area contributed by atoms with E-state index in [1.165, 1.54) is 6.07 Å². The van der Waals surface area contributed by atoms with Crippen molar-refractivity contribution in [3.8, 4) is 0 Å². The van der Waals surface area contributed by atoms with Crippen LogP contribution in [0.3, 0.4) is 0 Å². The Morgan fingerprint density at radius 1 is 1.07 bits per heavy atom. The molecule has 0 saturated carbocycles. The Balaban J connectivity index is 1.64. The zero-order chi connectivity index (χ0) is 19.1. The van der Waals surface area contributed by atoms with E-state index in [1.807, 2.05) is 26.0 Å². The van der Waals surface area contributed by atoms with Gasteiger partial charge in [-0.1, -0.05) is 17.7 Å². The van der Waals surface area contributed by atoms with Crippen molar-refractivity contribution in [1.82, 2.24) is 5.32 Å². The highest BCUT2D eigenvalue weighted by molar-refractivity contribution is 6.31. The highest BCUT2D eigenvalue weighted by Gasteiger charge is 2.14. The summed E-state index contributed by atoms with van der Waals surface area (Å²) in [7, 11) is 0. The van der Waals surface area contributed by atoms with Crippen molar-refractivity contribution in [1.29, 1.82) is 0 Å². The summed E-state index contributed by atoms with van der Waals surface area (Å²) in [5.74, 6) is -0.181. The number of hydrogen-bond acceptors (Lipinski definition) is 4. The van der Waals surface area contributed by atoms with E-state index in [9.17, 15) is 9.59 Å². The molecule has 5 nitrogen and oxygen atoms in total. The molecule has 0 aliphatic carbocycles. The SMILES string of the molecule is Cc1cc(C)c2oc(=O)cc(CNC(=O)c3cc4cc(Cl)ccc4o3)c2c1. The molecule has 0 saturated heterocycles. The van der Waals surface area contributed by atoms with Gasteiger partial charge in [0.25, 0.3) is 5.91 Å². The molecule has 0 unspecified atom stereocenters. The summed E-state index contributed by atoms with van der Waals surface area (Å²) >= 11 is 5.96. The van der Waals surface area contributed by atoms with Crippen LogP contribution in [0, 0.1) is 13.8 Å². The van der Waals surface area contributed by atoms with E-state index in [0.29, 0.717) is 21.8 Å². The fourth-order valence-electron chi connectivity index (χ4n) is 3.21. The third-order valence-electron chi connectivity index (χ3n) is 4.40. The highest BCUT2D eigenvalue weighted by Crippen LogP contribution is 2.24. The van der Waals surface area contributed by atoms with Gasteiger partial charge in [-0.15, -0.1) is 0 Å². The molecule has 0 aliphatic heterocycles. The molecule has 4 rings (SSSR count). The third-order valence-corrected chi connectivity index (χ3v) is 4.64. The Labute approximate surface area is 159 Å². The smallest absolute Gasteiger partial charge is 0.336 e. The lowest BCUT2D eigenvalue weighted by atomic mass is 10.0. The number of furan rings is 1. The van der Waals surface area contributed by atoms with Crippen LogP contribution < -0.4 is 10.9 Å². The second-order valence-electron chi connectivity index (χ2n) is 6.52. The van der Waals surface area contributed by atoms with Crippen molar-refractivity contribution >= 4 is 39.4 Å². The van der Waals surface area contributed by atoms with E-state index in [2.05, 4.69) is 5.32 Å². The summed E-state index contributed by atoms with van der Waals surface area (Å²) < 4.78 is 10.9. The molecule has 27 heavy (non-hydrogen) atoms. The molecule has 6 heteroatoms. The maximum atomic E-state index is 12.5. The normalized spacial score (nSPS) is 11.2. The van der Waals surface area contributed by atoms with Gasteiger partial charge in [-0.3, -0.25) is 4.79 Å². The molecule has 136 valence electrons. The second kappa shape index (κ2) is 6.59. The number of fused-ring (bicyclic) bond motifs is 2. The van der Waals surface area contributed by atoms with E-state index in [-0.39, 0.29) is 18.2 Å². The molecule has 0 aliphatic rings. The number of carbonyl (C=O) groups is 1. The van der Waals surface area contributed by atoms with Crippen molar-refractivity contribution in [2.75, 3.05) is 0 Å². The number of halogens is 1. The van der Waals surface area contributed by atoms with Gasteiger partial charge in [-0.25, -0.2) is 4.79 Å². The van der Waals surface area contributed by atoms with Crippen molar-refractivity contribution in [2.24, 2.45) is 0 Å². The molecular formula is C21H16ClNO4. The summed E-state index contributed by atoms with van der Waals surface area (Å²) in [6.45, 7) is 4.04. The zero-order valence-electron chi connectivity index (χ0n) is 14.8. The summed E-state index contributed by atoms with van der Waals surface area (Å²) in [5, 5.41) is 4.94. The molecule has 0 bridgehead atoms. The van der Waals surface area contributed by atoms with Crippen molar-refractivity contribution in [3.63, 3.8) is 0 Å². The van der Waals surface area contributed by atoms with Crippen LogP contribution in [0.4, 0.5) is 0 Å². The van der Waals surface area contributed by atoms with E-state index in [4.69, 9.17) is 20.4 Å². The van der Waals surface area contributed by atoms with Crippen LogP contribution in [0.15, 0.2) is 56.1 Å². The van der Waals surface area contributed by atoms with E-state index in [0.717, 1.165) is 21.9 Å². The molecule has 2 heterocycles. The van der Waals surface area contributed by atoms with Gasteiger partial charge in [0.1, 0.15) is 11.2 Å². The molecule has 0 spiro atoms. The van der Waals surface area contributed by atoms with Crippen LogP contribution in [-0.4, -0.2) is 5.91 Å². The second-order valence-corrected chi connectivity index (χ2v) is 6.96. The van der Waals surface area contributed by atoms with Gasteiger partial charge in [0.15, 0.2) is 5.76 Å². The van der Waals surface area contributed by atoms with Gasteiger partial charge in [-0.05, 0) is 60.9 Å². The maximum absolute atomic E-state index is 12.5. The average Bonchev–Trinajstić information content (AvgIpc) is 3.03. The first-order valence-electron chi connectivity index (χ1n) is 8.42. The Morgan fingerprint density at radius 3 is 2.70 bits per heavy atom. The molecule has 1 amide bonds. The van der Waals surface area contributed by atoms with Crippen LogP contribution in [0.1, 0.15) is 27.2 Å². The van der Waals surface area contributed by atoms with Gasteiger partial charge in [0, 0.05) is 28.4 Å². The molecule has 4 aromatic rings. The fraction of sp³-hybridized carbons (Fsp3) is 0.143. The number of amides is 1. The van der Waals surface area contributed by atoms with Gasteiger partial charge in [0.05, 0.1) is 0 Å². The number of hydrogen-bond donors (Lipinski definition) is 1. The van der Waals surface area contributed by atoms with Crippen LogP contribution in [0.25, 0.3) is 21.9 Å². The van der Waals surface area contributed by atoms with Crippen molar-refractivity contribution in [2.45, 2.75) is 20.4 Å². The van der Waals surface area contributed by atoms with E-state index >= 15 is 0 Å². The first-order valence-corrected chi connectivity index (χ1v) is 8.80. The molecular weight excluding hydrogens is 366 g/mol. The minimum absolute atomic E-state index is 0.182. The number of aryl methyl sites for hydroxylation is 2. The largest absolute Gasteiger partial charge is 0.451 e.